The maximum atomic E-state index is 12.8. The number of hydrogen-bond donors (Lipinski definition) is 0. The molecule has 0 saturated heterocycles. The van der Waals surface area contributed by atoms with Crippen molar-refractivity contribution < 1.29 is 13.2 Å². The van der Waals surface area contributed by atoms with Crippen LogP contribution in [0.4, 0.5) is 0 Å². The van der Waals surface area contributed by atoms with Crippen molar-refractivity contribution in [3.05, 3.63) is 29.8 Å². The summed E-state index contributed by atoms with van der Waals surface area (Å²) in [6.07, 6.45) is 0. The molecule has 0 bridgehead atoms. The molecule has 0 aliphatic carbocycles. The topological polar surface area (TPSA) is 57.7 Å². The first kappa shape index (κ1) is 17.8. The molecule has 0 aliphatic rings. The highest BCUT2D eigenvalue weighted by molar-refractivity contribution is 7.89. The molecular weight excluding hydrogens is 288 g/mol. The summed E-state index contributed by atoms with van der Waals surface area (Å²) in [7, 11) is 0.223. The lowest BCUT2D eigenvalue weighted by molar-refractivity contribution is 0.101. The SMILES string of the molecule is CCN(C(C)CN(C)C)S(=O)(=O)c1cccc(C(C)=O)c1. The number of ketones is 1. The number of rotatable bonds is 7. The van der Waals surface area contributed by atoms with Gasteiger partial charge in [0.25, 0.3) is 0 Å². The Balaban J connectivity index is 3.18. The second-order valence-corrected chi connectivity index (χ2v) is 7.29. The predicted octanol–water partition coefficient (Wildman–Crippen LogP) is 1.85. The molecule has 5 nitrogen and oxygen atoms in total. The number of carbonyl (C=O) groups excluding carboxylic acids is 1. The molecule has 21 heavy (non-hydrogen) atoms. The lowest BCUT2D eigenvalue weighted by atomic mass is 10.2. The monoisotopic (exact) mass is 312 g/mol. The molecule has 0 spiro atoms. The summed E-state index contributed by atoms with van der Waals surface area (Å²) in [5.74, 6) is -0.142. The smallest absolute Gasteiger partial charge is 0.243 e. The average molecular weight is 312 g/mol. The van der Waals surface area contributed by atoms with Gasteiger partial charge in [-0.1, -0.05) is 19.1 Å². The Morgan fingerprint density at radius 3 is 2.38 bits per heavy atom. The molecule has 0 heterocycles. The fraction of sp³-hybridized carbons (Fsp3) is 0.533. The van der Waals surface area contributed by atoms with E-state index in [-0.39, 0.29) is 16.7 Å². The summed E-state index contributed by atoms with van der Waals surface area (Å²) in [5.41, 5.74) is 0.410. The van der Waals surface area contributed by atoms with Crippen LogP contribution in [0, 0.1) is 0 Å². The normalized spacial score (nSPS) is 13.7. The molecule has 0 aliphatic heterocycles. The number of hydrogen-bond acceptors (Lipinski definition) is 4. The molecule has 1 aromatic carbocycles. The fourth-order valence-corrected chi connectivity index (χ4v) is 4.03. The van der Waals surface area contributed by atoms with Crippen molar-refractivity contribution >= 4 is 15.8 Å². The van der Waals surface area contributed by atoms with E-state index in [4.69, 9.17) is 0 Å². The zero-order valence-electron chi connectivity index (χ0n) is 13.3. The molecule has 118 valence electrons. The van der Waals surface area contributed by atoms with Gasteiger partial charge in [-0.25, -0.2) is 8.42 Å². The molecule has 1 atom stereocenters. The molecule has 0 N–H and O–H groups in total. The second-order valence-electron chi connectivity index (χ2n) is 5.40. The third-order valence-corrected chi connectivity index (χ3v) is 5.37. The Kier molecular flexibility index (Phi) is 6.07. The maximum absolute atomic E-state index is 12.8. The minimum absolute atomic E-state index is 0.142. The Hall–Kier alpha value is -1.24. The van der Waals surface area contributed by atoms with Crippen molar-refractivity contribution in [2.45, 2.75) is 31.7 Å². The number of benzene rings is 1. The van der Waals surface area contributed by atoms with Crippen LogP contribution in [-0.4, -0.2) is 56.6 Å². The highest BCUT2D eigenvalue weighted by Gasteiger charge is 2.28. The zero-order chi connectivity index (χ0) is 16.2. The molecule has 0 radical (unpaired) electrons. The van der Waals surface area contributed by atoms with Crippen molar-refractivity contribution in [1.29, 1.82) is 0 Å². The van der Waals surface area contributed by atoms with Gasteiger partial charge in [-0.15, -0.1) is 0 Å². The van der Waals surface area contributed by atoms with Crippen molar-refractivity contribution in [3.63, 3.8) is 0 Å². The van der Waals surface area contributed by atoms with E-state index in [1.54, 1.807) is 12.1 Å². The summed E-state index contributed by atoms with van der Waals surface area (Å²) in [4.78, 5) is 13.6. The average Bonchev–Trinajstić information content (AvgIpc) is 2.38. The number of sulfonamides is 1. The van der Waals surface area contributed by atoms with Crippen LogP contribution in [0.15, 0.2) is 29.2 Å². The standard InChI is InChI=1S/C15H24N2O3S/c1-6-17(12(2)11-16(4)5)21(19,20)15-9-7-8-14(10-15)13(3)18/h7-10,12H,6,11H2,1-5H3. The molecule has 1 unspecified atom stereocenters. The van der Waals surface area contributed by atoms with Gasteiger partial charge in [0, 0.05) is 24.7 Å². The van der Waals surface area contributed by atoms with Crippen LogP contribution in [0.25, 0.3) is 0 Å². The van der Waals surface area contributed by atoms with E-state index in [9.17, 15) is 13.2 Å². The number of nitrogens with zero attached hydrogens (tertiary/aromatic N) is 2. The fourth-order valence-electron chi connectivity index (χ4n) is 2.35. The largest absolute Gasteiger partial charge is 0.308 e. The Labute approximate surface area is 127 Å². The quantitative estimate of drug-likeness (QED) is 0.721. The van der Waals surface area contributed by atoms with Gasteiger partial charge < -0.3 is 4.90 Å². The van der Waals surface area contributed by atoms with Crippen LogP contribution >= 0.6 is 0 Å². The van der Waals surface area contributed by atoms with Crippen LogP contribution < -0.4 is 0 Å². The van der Waals surface area contributed by atoms with Crippen LogP contribution in [0.2, 0.25) is 0 Å². The molecule has 0 fully saturated rings. The van der Waals surface area contributed by atoms with Crippen molar-refractivity contribution in [3.8, 4) is 0 Å². The summed E-state index contributed by atoms with van der Waals surface area (Å²) in [6, 6.07) is 6.07. The van der Waals surface area contributed by atoms with Crippen LogP contribution in [-0.2, 0) is 10.0 Å². The van der Waals surface area contributed by atoms with Gasteiger partial charge in [-0.3, -0.25) is 4.79 Å². The summed E-state index contributed by atoms with van der Waals surface area (Å²) in [5, 5.41) is 0. The first-order chi connectivity index (χ1) is 9.70. The van der Waals surface area contributed by atoms with E-state index in [1.165, 1.54) is 23.4 Å². The number of carbonyl (C=O) groups is 1. The molecule has 0 saturated carbocycles. The van der Waals surface area contributed by atoms with Crippen LogP contribution in [0.5, 0.6) is 0 Å². The van der Waals surface area contributed by atoms with Crippen molar-refractivity contribution in [2.75, 3.05) is 27.2 Å². The Morgan fingerprint density at radius 2 is 1.90 bits per heavy atom. The summed E-state index contributed by atoms with van der Waals surface area (Å²) >= 11 is 0. The maximum Gasteiger partial charge on any atom is 0.243 e. The lowest BCUT2D eigenvalue weighted by Crippen LogP contribution is -2.43. The van der Waals surface area contributed by atoms with E-state index >= 15 is 0 Å². The van der Waals surface area contributed by atoms with Gasteiger partial charge in [-0.2, -0.15) is 4.31 Å². The Morgan fingerprint density at radius 1 is 1.29 bits per heavy atom. The third-order valence-electron chi connectivity index (χ3n) is 3.28. The molecule has 0 aromatic heterocycles. The summed E-state index contributed by atoms with van der Waals surface area (Å²) in [6.45, 7) is 6.16. The van der Waals surface area contributed by atoms with E-state index in [0.717, 1.165) is 0 Å². The third kappa shape index (κ3) is 4.36. The zero-order valence-corrected chi connectivity index (χ0v) is 14.1. The van der Waals surface area contributed by atoms with Gasteiger partial charge in [0.15, 0.2) is 5.78 Å². The molecular formula is C15H24N2O3S. The van der Waals surface area contributed by atoms with Gasteiger partial charge in [0.05, 0.1) is 4.90 Å². The van der Waals surface area contributed by atoms with Gasteiger partial charge >= 0.3 is 0 Å². The van der Waals surface area contributed by atoms with Crippen molar-refractivity contribution in [2.24, 2.45) is 0 Å². The number of likely N-dealkylation sites (N-methyl/N-ethyl adjacent to an activating group) is 2. The van der Waals surface area contributed by atoms with Gasteiger partial charge in [0.1, 0.15) is 0 Å². The Bertz CT molecular complexity index is 597. The van der Waals surface area contributed by atoms with Crippen molar-refractivity contribution in [1.82, 2.24) is 9.21 Å². The van der Waals surface area contributed by atoms with Gasteiger partial charge in [-0.05, 0) is 40.1 Å². The highest BCUT2D eigenvalue weighted by atomic mass is 32.2. The molecule has 1 rings (SSSR count). The lowest BCUT2D eigenvalue weighted by Gasteiger charge is -2.29. The highest BCUT2D eigenvalue weighted by Crippen LogP contribution is 2.19. The van der Waals surface area contributed by atoms with E-state index in [2.05, 4.69) is 0 Å². The molecule has 0 amide bonds. The van der Waals surface area contributed by atoms with E-state index < -0.39 is 10.0 Å². The predicted molar refractivity (Wildman–Crippen MR) is 84.0 cm³/mol. The molecule has 6 heteroatoms. The minimum Gasteiger partial charge on any atom is -0.308 e. The summed E-state index contributed by atoms with van der Waals surface area (Å²) < 4.78 is 27.0. The van der Waals surface area contributed by atoms with Crippen LogP contribution in [0.1, 0.15) is 31.1 Å². The van der Waals surface area contributed by atoms with Crippen LogP contribution in [0.3, 0.4) is 0 Å². The first-order valence-electron chi connectivity index (χ1n) is 6.97. The first-order valence-corrected chi connectivity index (χ1v) is 8.41. The van der Waals surface area contributed by atoms with E-state index in [1.807, 2.05) is 32.8 Å². The number of Topliss-reactive ketones (excluding diaryl/α,β-unsaturated/α-hetero) is 1. The minimum atomic E-state index is -3.60. The molecule has 1 aromatic rings. The van der Waals surface area contributed by atoms with E-state index in [0.29, 0.717) is 18.7 Å². The second kappa shape index (κ2) is 7.15. The van der Waals surface area contributed by atoms with Gasteiger partial charge in [0.2, 0.25) is 10.0 Å².